The molecule has 2 rings (SSSR count). The molecule has 2 aromatic rings. The van der Waals surface area contributed by atoms with Gasteiger partial charge in [-0.3, -0.25) is 4.79 Å². The average molecular weight is 276 g/mol. The number of carboxylic acid groups (broad SMARTS) is 1. The van der Waals surface area contributed by atoms with Gasteiger partial charge in [-0.05, 0) is 12.0 Å². The monoisotopic (exact) mass is 276 g/mol. The number of nitrogens with zero attached hydrogens (tertiary/aromatic N) is 2. The van der Waals surface area contributed by atoms with E-state index in [1.165, 1.54) is 17.3 Å². The van der Waals surface area contributed by atoms with E-state index in [9.17, 15) is 4.79 Å². The Kier molecular flexibility index (Phi) is 4.63. The van der Waals surface area contributed by atoms with Gasteiger partial charge in [0, 0.05) is 18.4 Å². The molecular weight excluding hydrogens is 260 g/mol. The summed E-state index contributed by atoms with van der Waals surface area (Å²) in [5, 5.41) is 9.53. The molecule has 1 aromatic carbocycles. The first-order chi connectivity index (χ1) is 9.20. The molecule has 100 valence electrons. The highest BCUT2D eigenvalue weighted by atomic mass is 32.2. The summed E-state index contributed by atoms with van der Waals surface area (Å²) < 4.78 is 2.09. The van der Waals surface area contributed by atoms with Crippen molar-refractivity contribution in [2.45, 2.75) is 25.0 Å². The number of hydrogen-bond acceptors (Lipinski definition) is 3. The molecule has 0 unspecified atom stereocenters. The van der Waals surface area contributed by atoms with Crippen LogP contribution in [0.4, 0.5) is 0 Å². The summed E-state index contributed by atoms with van der Waals surface area (Å²) >= 11 is 1.26. The van der Waals surface area contributed by atoms with E-state index in [4.69, 9.17) is 5.11 Å². The van der Waals surface area contributed by atoms with Gasteiger partial charge in [0.2, 0.25) is 0 Å². The van der Waals surface area contributed by atoms with Crippen molar-refractivity contribution in [2.75, 3.05) is 5.75 Å². The number of aliphatic carboxylic acids is 1. The lowest BCUT2D eigenvalue weighted by molar-refractivity contribution is -0.133. The maximum Gasteiger partial charge on any atom is 0.313 e. The maximum absolute atomic E-state index is 10.7. The highest BCUT2D eigenvalue weighted by Crippen LogP contribution is 2.20. The van der Waals surface area contributed by atoms with Gasteiger partial charge in [-0.1, -0.05) is 49.0 Å². The third-order valence-corrected chi connectivity index (χ3v) is 3.75. The minimum atomic E-state index is -0.822. The van der Waals surface area contributed by atoms with Gasteiger partial charge in [0.1, 0.15) is 0 Å². The molecule has 0 aliphatic carbocycles. The zero-order chi connectivity index (χ0) is 13.7. The van der Waals surface area contributed by atoms with Gasteiger partial charge in [0.15, 0.2) is 5.16 Å². The quantitative estimate of drug-likeness (QED) is 0.824. The summed E-state index contributed by atoms with van der Waals surface area (Å²) in [6.07, 6.45) is 2.71. The van der Waals surface area contributed by atoms with Crippen LogP contribution in [-0.4, -0.2) is 26.4 Å². The highest BCUT2D eigenvalue weighted by molar-refractivity contribution is 7.99. The van der Waals surface area contributed by atoms with E-state index in [0.29, 0.717) is 0 Å². The van der Waals surface area contributed by atoms with Gasteiger partial charge in [-0.25, -0.2) is 4.98 Å². The van der Waals surface area contributed by atoms with Crippen LogP contribution in [-0.2, 0) is 17.8 Å². The summed E-state index contributed by atoms with van der Waals surface area (Å²) in [7, 11) is 0. The standard InChI is InChI=1S/C14H16N2O2S/c1-2-12-8-15-14(19-10-13(17)18)16(12)9-11-6-4-3-5-7-11/h3-8H,2,9-10H2,1H3,(H,17,18). The lowest BCUT2D eigenvalue weighted by atomic mass is 10.2. The maximum atomic E-state index is 10.7. The van der Waals surface area contributed by atoms with Crippen molar-refractivity contribution < 1.29 is 9.90 Å². The third kappa shape index (κ3) is 3.61. The van der Waals surface area contributed by atoms with Gasteiger partial charge in [-0.2, -0.15) is 0 Å². The first-order valence-electron chi connectivity index (χ1n) is 6.13. The molecular formula is C14H16N2O2S. The van der Waals surface area contributed by atoms with Crippen molar-refractivity contribution in [1.29, 1.82) is 0 Å². The largest absolute Gasteiger partial charge is 0.481 e. The van der Waals surface area contributed by atoms with E-state index in [-0.39, 0.29) is 5.75 Å². The van der Waals surface area contributed by atoms with Crippen LogP contribution < -0.4 is 0 Å². The van der Waals surface area contributed by atoms with Gasteiger partial charge in [0.25, 0.3) is 0 Å². The van der Waals surface area contributed by atoms with Crippen LogP contribution in [0.1, 0.15) is 18.2 Å². The van der Waals surface area contributed by atoms with E-state index in [1.807, 2.05) is 24.4 Å². The number of aromatic nitrogens is 2. The van der Waals surface area contributed by atoms with Gasteiger partial charge in [-0.15, -0.1) is 0 Å². The predicted octanol–water partition coefficient (Wildman–Crippen LogP) is 2.67. The Balaban J connectivity index is 2.21. The second kappa shape index (κ2) is 6.43. The molecule has 1 aromatic heterocycles. The molecule has 0 radical (unpaired) electrons. The van der Waals surface area contributed by atoms with Crippen LogP contribution in [0.25, 0.3) is 0 Å². The summed E-state index contributed by atoms with van der Waals surface area (Å²) in [5.41, 5.74) is 2.31. The van der Waals surface area contributed by atoms with E-state index < -0.39 is 5.97 Å². The number of benzene rings is 1. The fourth-order valence-electron chi connectivity index (χ4n) is 1.85. The molecule has 0 aliphatic heterocycles. The number of carbonyl (C=O) groups is 1. The van der Waals surface area contributed by atoms with Crippen LogP contribution in [0.5, 0.6) is 0 Å². The van der Waals surface area contributed by atoms with Crippen molar-refractivity contribution in [3.05, 3.63) is 47.8 Å². The molecule has 0 aliphatic rings. The van der Waals surface area contributed by atoms with Crippen LogP contribution >= 0.6 is 11.8 Å². The zero-order valence-electron chi connectivity index (χ0n) is 10.7. The van der Waals surface area contributed by atoms with Crippen molar-refractivity contribution >= 4 is 17.7 Å². The van der Waals surface area contributed by atoms with Crippen molar-refractivity contribution in [3.63, 3.8) is 0 Å². The fraction of sp³-hybridized carbons (Fsp3) is 0.286. The SMILES string of the molecule is CCc1cnc(SCC(=O)O)n1Cc1ccccc1. The molecule has 5 heteroatoms. The van der Waals surface area contributed by atoms with Crippen molar-refractivity contribution in [1.82, 2.24) is 9.55 Å². The van der Waals surface area contributed by atoms with Crippen LogP contribution in [0.15, 0.2) is 41.7 Å². The summed E-state index contributed by atoms with van der Waals surface area (Å²) in [6.45, 7) is 2.80. The molecule has 0 amide bonds. The van der Waals surface area contributed by atoms with Gasteiger partial charge in [0.05, 0.1) is 5.75 Å². The topological polar surface area (TPSA) is 55.1 Å². The fourth-order valence-corrected chi connectivity index (χ4v) is 2.57. The lowest BCUT2D eigenvalue weighted by Gasteiger charge is -2.10. The molecule has 4 nitrogen and oxygen atoms in total. The number of aryl methyl sites for hydroxylation is 1. The first-order valence-corrected chi connectivity index (χ1v) is 7.12. The summed E-state index contributed by atoms with van der Waals surface area (Å²) in [6, 6.07) is 10.1. The molecule has 0 saturated heterocycles. The minimum Gasteiger partial charge on any atom is -0.481 e. The summed E-state index contributed by atoms with van der Waals surface area (Å²) in [4.78, 5) is 15.0. The molecule has 0 bridgehead atoms. The van der Waals surface area contributed by atoms with Gasteiger partial charge < -0.3 is 9.67 Å². The number of rotatable bonds is 6. The lowest BCUT2D eigenvalue weighted by Crippen LogP contribution is -2.07. The molecule has 0 fully saturated rings. The molecule has 0 spiro atoms. The first kappa shape index (κ1) is 13.7. The Morgan fingerprint density at radius 2 is 2.11 bits per heavy atom. The molecule has 0 saturated carbocycles. The number of imidazole rings is 1. The molecule has 1 N–H and O–H groups in total. The third-order valence-electron chi connectivity index (χ3n) is 2.77. The Bertz CT molecular complexity index is 552. The second-order valence-electron chi connectivity index (χ2n) is 4.14. The molecule has 1 heterocycles. The zero-order valence-corrected chi connectivity index (χ0v) is 11.6. The van der Waals surface area contributed by atoms with Crippen molar-refractivity contribution in [3.8, 4) is 0 Å². The number of carboxylic acids is 1. The predicted molar refractivity (Wildman–Crippen MR) is 75.5 cm³/mol. The van der Waals surface area contributed by atoms with Crippen LogP contribution in [0.2, 0.25) is 0 Å². The molecule has 0 atom stereocenters. The van der Waals surface area contributed by atoms with E-state index in [1.54, 1.807) is 0 Å². The molecule has 19 heavy (non-hydrogen) atoms. The Labute approximate surface area is 116 Å². The van der Waals surface area contributed by atoms with E-state index in [0.717, 1.165) is 23.8 Å². The number of thioether (sulfide) groups is 1. The second-order valence-corrected chi connectivity index (χ2v) is 5.08. The highest BCUT2D eigenvalue weighted by Gasteiger charge is 2.11. The average Bonchev–Trinajstić information content (AvgIpc) is 2.80. The Hall–Kier alpha value is -1.75. The normalized spacial score (nSPS) is 10.6. The summed E-state index contributed by atoms with van der Waals surface area (Å²) in [5.74, 6) is -0.785. The Morgan fingerprint density at radius 3 is 2.74 bits per heavy atom. The Morgan fingerprint density at radius 1 is 1.37 bits per heavy atom. The van der Waals surface area contributed by atoms with E-state index in [2.05, 4.69) is 28.6 Å². The van der Waals surface area contributed by atoms with Gasteiger partial charge >= 0.3 is 5.97 Å². The van der Waals surface area contributed by atoms with E-state index >= 15 is 0 Å². The number of hydrogen-bond donors (Lipinski definition) is 1. The van der Waals surface area contributed by atoms with Crippen molar-refractivity contribution in [2.24, 2.45) is 0 Å². The smallest absolute Gasteiger partial charge is 0.313 e. The minimum absolute atomic E-state index is 0.0367. The van der Waals surface area contributed by atoms with Crippen LogP contribution in [0, 0.1) is 0 Å². The van der Waals surface area contributed by atoms with Crippen LogP contribution in [0.3, 0.4) is 0 Å².